The summed E-state index contributed by atoms with van der Waals surface area (Å²) in [7, 11) is 3.52. The summed E-state index contributed by atoms with van der Waals surface area (Å²) in [5, 5.41) is 8.81. The van der Waals surface area contributed by atoms with Crippen molar-refractivity contribution >= 4 is 11.4 Å². The van der Waals surface area contributed by atoms with Crippen molar-refractivity contribution < 1.29 is 9.53 Å². The first-order chi connectivity index (χ1) is 12.2. The maximum absolute atomic E-state index is 13.1. The van der Waals surface area contributed by atoms with Gasteiger partial charge in [0, 0.05) is 38.4 Å². The molecule has 1 fully saturated rings. The van der Waals surface area contributed by atoms with Crippen molar-refractivity contribution in [2.75, 3.05) is 20.2 Å². The van der Waals surface area contributed by atoms with Gasteiger partial charge < -0.3 is 9.64 Å². The molecule has 3 aromatic heterocycles. The van der Waals surface area contributed by atoms with Crippen LogP contribution in [-0.2, 0) is 7.05 Å². The standard InChI is InChI=1S/C18H21N5O2/c1-21-10-7-15(20-21)13-5-3-8-22(12-13)18(24)14-11-19-23-9-4-6-16(25-2)17(14)23/h4,6-7,9-11,13H,3,5,8,12H2,1-2H3. The molecule has 1 atom stereocenters. The van der Waals surface area contributed by atoms with Gasteiger partial charge in [-0.3, -0.25) is 9.48 Å². The molecule has 0 spiro atoms. The van der Waals surface area contributed by atoms with Gasteiger partial charge in [0.25, 0.3) is 5.91 Å². The highest BCUT2D eigenvalue weighted by Gasteiger charge is 2.29. The Morgan fingerprint density at radius 3 is 2.96 bits per heavy atom. The first-order valence-electron chi connectivity index (χ1n) is 8.46. The Labute approximate surface area is 145 Å². The molecule has 1 unspecified atom stereocenters. The summed E-state index contributed by atoms with van der Waals surface area (Å²) in [6.07, 6.45) is 7.43. The fourth-order valence-electron chi connectivity index (χ4n) is 3.56. The van der Waals surface area contributed by atoms with Crippen LogP contribution in [0.25, 0.3) is 5.52 Å². The lowest BCUT2D eigenvalue weighted by atomic mass is 9.94. The number of carbonyl (C=O) groups is 1. The van der Waals surface area contributed by atoms with Gasteiger partial charge in [-0.15, -0.1) is 0 Å². The highest BCUT2D eigenvalue weighted by atomic mass is 16.5. The van der Waals surface area contributed by atoms with Crippen molar-refractivity contribution in [1.82, 2.24) is 24.3 Å². The molecule has 25 heavy (non-hydrogen) atoms. The summed E-state index contributed by atoms with van der Waals surface area (Å²) in [5.74, 6) is 0.935. The second-order valence-electron chi connectivity index (χ2n) is 6.43. The lowest BCUT2D eigenvalue weighted by molar-refractivity contribution is 0.0707. The molecule has 7 nitrogen and oxygen atoms in total. The molecular weight excluding hydrogens is 318 g/mol. The molecule has 0 radical (unpaired) electrons. The molecule has 4 rings (SSSR count). The number of fused-ring (bicyclic) bond motifs is 1. The molecule has 130 valence electrons. The van der Waals surface area contributed by atoms with Gasteiger partial charge in [-0.1, -0.05) is 0 Å². The molecule has 0 bridgehead atoms. The van der Waals surface area contributed by atoms with Crippen LogP contribution in [0.5, 0.6) is 5.75 Å². The van der Waals surface area contributed by atoms with E-state index in [4.69, 9.17) is 4.74 Å². The van der Waals surface area contributed by atoms with Crippen molar-refractivity contribution in [3.05, 3.63) is 48.0 Å². The molecule has 0 aromatic carbocycles. The summed E-state index contributed by atoms with van der Waals surface area (Å²) in [6, 6.07) is 5.74. The lowest BCUT2D eigenvalue weighted by Crippen LogP contribution is -2.39. The number of aryl methyl sites for hydroxylation is 1. The maximum atomic E-state index is 13.1. The van der Waals surface area contributed by atoms with E-state index < -0.39 is 0 Å². The molecule has 4 heterocycles. The second-order valence-corrected chi connectivity index (χ2v) is 6.43. The third-order valence-corrected chi connectivity index (χ3v) is 4.82. The molecule has 1 aliphatic rings. The van der Waals surface area contributed by atoms with Gasteiger partial charge in [-0.05, 0) is 31.0 Å². The van der Waals surface area contributed by atoms with Gasteiger partial charge in [-0.2, -0.15) is 10.2 Å². The second kappa shape index (κ2) is 6.23. The summed E-state index contributed by atoms with van der Waals surface area (Å²) in [4.78, 5) is 15.0. The number of methoxy groups -OCH3 is 1. The Morgan fingerprint density at radius 2 is 2.20 bits per heavy atom. The molecule has 1 aliphatic heterocycles. The van der Waals surface area contributed by atoms with Gasteiger partial charge in [0.2, 0.25) is 0 Å². The Hall–Kier alpha value is -2.83. The summed E-state index contributed by atoms with van der Waals surface area (Å²) >= 11 is 0. The lowest BCUT2D eigenvalue weighted by Gasteiger charge is -2.31. The number of ether oxygens (including phenoxy) is 1. The fourth-order valence-corrected chi connectivity index (χ4v) is 3.56. The Kier molecular flexibility index (Phi) is 3.91. The van der Waals surface area contributed by atoms with Crippen LogP contribution in [0.1, 0.15) is 34.8 Å². The third-order valence-electron chi connectivity index (χ3n) is 4.82. The number of pyridine rings is 1. The van der Waals surface area contributed by atoms with E-state index in [1.165, 1.54) is 0 Å². The average Bonchev–Trinajstić information content (AvgIpc) is 3.27. The van der Waals surface area contributed by atoms with Crippen molar-refractivity contribution in [3.63, 3.8) is 0 Å². The van der Waals surface area contributed by atoms with Crippen LogP contribution >= 0.6 is 0 Å². The number of carbonyl (C=O) groups excluding carboxylic acids is 1. The Balaban J connectivity index is 1.62. The number of hydrogen-bond donors (Lipinski definition) is 0. The van der Waals surface area contributed by atoms with Crippen LogP contribution in [0.2, 0.25) is 0 Å². The molecule has 1 saturated heterocycles. The van der Waals surface area contributed by atoms with Gasteiger partial charge in [0.1, 0.15) is 11.3 Å². The minimum atomic E-state index is 0.000121. The fraction of sp³-hybridized carbons (Fsp3) is 0.389. The molecule has 1 amide bonds. The number of amides is 1. The highest BCUT2D eigenvalue weighted by molar-refractivity contribution is 6.02. The Morgan fingerprint density at radius 1 is 1.32 bits per heavy atom. The van der Waals surface area contributed by atoms with Gasteiger partial charge in [0.05, 0.1) is 24.6 Å². The van der Waals surface area contributed by atoms with E-state index in [0.717, 1.165) is 30.6 Å². The normalized spacial score (nSPS) is 17.8. The first kappa shape index (κ1) is 15.7. The first-order valence-corrected chi connectivity index (χ1v) is 8.46. The van der Waals surface area contributed by atoms with Gasteiger partial charge in [-0.25, -0.2) is 4.52 Å². The summed E-state index contributed by atoms with van der Waals surface area (Å²) in [6.45, 7) is 1.44. The van der Waals surface area contributed by atoms with Crippen LogP contribution in [-0.4, -0.2) is 50.4 Å². The highest BCUT2D eigenvalue weighted by Crippen LogP contribution is 2.29. The predicted octanol–water partition coefficient (Wildman–Crippen LogP) is 2.10. The van der Waals surface area contributed by atoms with Crippen molar-refractivity contribution in [3.8, 4) is 5.75 Å². The number of likely N-dealkylation sites (tertiary alicyclic amines) is 1. The van der Waals surface area contributed by atoms with Crippen LogP contribution in [0.4, 0.5) is 0 Å². The van der Waals surface area contributed by atoms with Crippen LogP contribution in [0.3, 0.4) is 0 Å². The van der Waals surface area contributed by atoms with Crippen LogP contribution < -0.4 is 4.74 Å². The molecule has 7 heteroatoms. The molecule has 3 aromatic rings. The molecular formula is C18H21N5O2. The minimum absolute atomic E-state index is 0.000121. The minimum Gasteiger partial charge on any atom is -0.494 e. The van der Waals surface area contributed by atoms with Crippen LogP contribution in [0, 0.1) is 0 Å². The zero-order valence-corrected chi connectivity index (χ0v) is 14.4. The SMILES string of the molecule is COc1cccn2ncc(C(=O)N3CCCC(c4ccn(C)n4)C3)c12. The average molecular weight is 339 g/mol. The van der Waals surface area contributed by atoms with E-state index in [0.29, 0.717) is 17.9 Å². The molecule has 0 N–H and O–H groups in total. The van der Waals surface area contributed by atoms with Gasteiger partial charge in [0.15, 0.2) is 0 Å². The van der Waals surface area contributed by atoms with E-state index in [1.807, 2.05) is 47.2 Å². The van der Waals surface area contributed by atoms with Crippen molar-refractivity contribution in [2.24, 2.45) is 7.05 Å². The number of nitrogens with zero attached hydrogens (tertiary/aromatic N) is 5. The largest absolute Gasteiger partial charge is 0.494 e. The number of rotatable bonds is 3. The van der Waals surface area contributed by atoms with E-state index in [2.05, 4.69) is 10.2 Å². The van der Waals surface area contributed by atoms with E-state index in [9.17, 15) is 4.79 Å². The van der Waals surface area contributed by atoms with Crippen molar-refractivity contribution in [1.29, 1.82) is 0 Å². The van der Waals surface area contributed by atoms with Gasteiger partial charge >= 0.3 is 0 Å². The molecule has 0 saturated carbocycles. The predicted molar refractivity (Wildman–Crippen MR) is 92.8 cm³/mol. The zero-order chi connectivity index (χ0) is 17.4. The number of hydrogen-bond acceptors (Lipinski definition) is 4. The van der Waals surface area contributed by atoms with Crippen molar-refractivity contribution in [2.45, 2.75) is 18.8 Å². The zero-order valence-electron chi connectivity index (χ0n) is 14.4. The molecule has 0 aliphatic carbocycles. The van der Waals surface area contributed by atoms with E-state index in [1.54, 1.807) is 17.8 Å². The number of aromatic nitrogens is 4. The maximum Gasteiger partial charge on any atom is 0.257 e. The number of piperidine rings is 1. The summed E-state index contributed by atoms with van der Waals surface area (Å²) < 4.78 is 8.91. The van der Waals surface area contributed by atoms with E-state index in [-0.39, 0.29) is 11.8 Å². The smallest absolute Gasteiger partial charge is 0.257 e. The quantitative estimate of drug-likeness (QED) is 0.733. The van der Waals surface area contributed by atoms with Crippen LogP contribution in [0.15, 0.2) is 36.8 Å². The monoisotopic (exact) mass is 339 g/mol. The van der Waals surface area contributed by atoms with E-state index >= 15 is 0 Å². The third kappa shape index (κ3) is 2.75. The summed E-state index contributed by atoms with van der Waals surface area (Å²) in [5.41, 5.74) is 2.35. The topological polar surface area (TPSA) is 64.7 Å². The Bertz CT molecular complexity index is 913.